The third kappa shape index (κ3) is 3.93. The van der Waals surface area contributed by atoms with Gasteiger partial charge in [0.15, 0.2) is 0 Å². The fraction of sp³-hybridized carbons (Fsp3) is 0.923. The molecule has 1 heterocycles. The first-order chi connectivity index (χ1) is 8.65. The smallest absolute Gasteiger partial charge is 0.223 e. The summed E-state index contributed by atoms with van der Waals surface area (Å²) in [6, 6.07) is 0.296. The van der Waals surface area contributed by atoms with E-state index in [9.17, 15) is 4.79 Å². The number of nitrogens with two attached hydrogens (primary N) is 1. The van der Waals surface area contributed by atoms with Gasteiger partial charge in [0.2, 0.25) is 5.91 Å². The Hall–Kier alpha value is -0.650. The van der Waals surface area contributed by atoms with E-state index >= 15 is 0 Å². The minimum atomic E-state index is 0.138. The molecule has 2 fully saturated rings. The Labute approximate surface area is 109 Å². The van der Waals surface area contributed by atoms with Crippen LogP contribution in [-0.4, -0.2) is 56.2 Å². The molecule has 0 spiro atoms. The van der Waals surface area contributed by atoms with Crippen molar-refractivity contribution in [3.8, 4) is 0 Å². The number of carbonyl (C=O) groups is 1. The lowest BCUT2D eigenvalue weighted by atomic mass is 9.86. The summed E-state index contributed by atoms with van der Waals surface area (Å²) in [7, 11) is 2.08. The number of ether oxygens (including phenoxy) is 1. The van der Waals surface area contributed by atoms with Gasteiger partial charge in [-0.05, 0) is 32.7 Å². The average Bonchev–Trinajstić information content (AvgIpc) is 2.37. The maximum absolute atomic E-state index is 12.0. The van der Waals surface area contributed by atoms with Crippen LogP contribution in [0.2, 0.25) is 0 Å². The third-order valence-electron chi connectivity index (χ3n) is 3.99. The van der Waals surface area contributed by atoms with Crippen LogP contribution in [0.3, 0.4) is 0 Å². The van der Waals surface area contributed by atoms with Gasteiger partial charge in [-0.3, -0.25) is 4.79 Å². The predicted octanol–water partition coefficient (Wildman–Crippen LogP) is -0.0493. The van der Waals surface area contributed by atoms with Gasteiger partial charge in [-0.15, -0.1) is 0 Å². The molecule has 1 aliphatic heterocycles. The molecule has 2 aliphatic rings. The van der Waals surface area contributed by atoms with Crippen molar-refractivity contribution in [3.63, 3.8) is 0 Å². The lowest BCUT2D eigenvalue weighted by molar-refractivity contribution is -0.127. The molecule has 1 aliphatic carbocycles. The Balaban J connectivity index is 1.68. The first kappa shape index (κ1) is 13.8. The van der Waals surface area contributed by atoms with Crippen LogP contribution in [0.15, 0.2) is 0 Å². The van der Waals surface area contributed by atoms with Crippen molar-refractivity contribution in [1.82, 2.24) is 10.2 Å². The van der Waals surface area contributed by atoms with Gasteiger partial charge in [0.1, 0.15) is 0 Å². The number of amides is 1. The maximum Gasteiger partial charge on any atom is 0.223 e. The highest BCUT2D eigenvalue weighted by Gasteiger charge is 2.25. The minimum Gasteiger partial charge on any atom is -0.374 e. The second-order valence-corrected chi connectivity index (χ2v) is 5.61. The number of hydrogen-bond acceptors (Lipinski definition) is 4. The Morgan fingerprint density at radius 2 is 2.11 bits per heavy atom. The van der Waals surface area contributed by atoms with E-state index in [1.54, 1.807) is 0 Å². The van der Waals surface area contributed by atoms with Crippen LogP contribution < -0.4 is 11.1 Å². The molecule has 1 unspecified atom stereocenters. The average molecular weight is 255 g/mol. The van der Waals surface area contributed by atoms with Gasteiger partial charge >= 0.3 is 0 Å². The van der Waals surface area contributed by atoms with Crippen LogP contribution in [0.1, 0.15) is 25.7 Å². The highest BCUT2D eigenvalue weighted by molar-refractivity contribution is 5.78. The molecule has 2 rings (SSSR count). The molecule has 3 N–H and O–H groups in total. The summed E-state index contributed by atoms with van der Waals surface area (Å²) in [5.74, 6) is 0.338. The molecule has 0 bridgehead atoms. The van der Waals surface area contributed by atoms with Crippen molar-refractivity contribution >= 4 is 5.91 Å². The topological polar surface area (TPSA) is 67.6 Å². The highest BCUT2D eigenvalue weighted by Crippen LogP contribution is 2.23. The quantitative estimate of drug-likeness (QED) is 0.742. The summed E-state index contributed by atoms with van der Waals surface area (Å²) >= 11 is 0. The second kappa shape index (κ2) is 6.50. The van der Waals surface area contributed by atoms with Crippen molar-refractivity contribution in [2.24, 2.45) is 11.7 Å². The molecule has 1 atom stereocenters. The summed E-state index contributed by atoms with van der Waals surface area (Å²) in [5.41, 5.74) is 5.85. The molecule has 5 nitrogen and oxygen atoms in total. The van der Waals surface area contributed by atoms with E-state index < -0.39 is 0 Å². The first-order valence-corrected chi connectivity index (χ1v) is 6.98. The lowest BCUT2D eigenvalue weighted by Gasteiger charge is -2.31. The molecule has 104 valence electrons. The zero-order valence-electron chi connectivity index (χ0n) is 11.2. The van der Waals surface area contributed by atoms with Crippen molar-refractivity contribution in [2.75, 3.05) is 33.3 Å². The second-order valence-electron chi connectivity index (χ2n) is 5.61. The van der Waals surface area contributed by atoms with E-state index in [0.717, 1.165) is 45.4 Å². The molecule has 0 aromatic rings. The standard InChI is InChI=1S/C13H25N3O2/c1-16-6-7-18-12(9-16)8-15-13(17)10-2-4-11(14)5-3-10/h10-12H,2-9,14H2,1H3,(H,15,17). The largest absolute Gasteiger partial charge is 0.374 e. The molecular formula is C13H25N3O2. The van der Waals surface area contributed by atoms with Crippen LogP contribution in [0, 0.1) is 5.92 Å². The zero-order valence-corrected chi connectivity index (χ0v) is 11.2. The Bertz CT molecular complexity index is 277. The molecule has 0 radical (unpaired) electrons. The van der Waals surface area contributed by atoms with E-state index in [1.165, 1.54) is 0 Å². The normalized spacial score (nSPS) is 34.2. The van der Waals surface area contributed by atoms with Gasteiger partial charge in [0, 0.05) is 31.6 Å². The highest BCUT2D eigenvalue weighted by atomic mass is 16.5. The molecule has 1 saturated carbocycles. The van der Waals surface area contributed by atoms with Crippen molar-refractivity contribution in [2.45, 2.75) is 37.8 Å². The van der Waals surface area contributed by atoms with Gasteiger partial charge in [-0.25, -0.2) is 0 Å². The summed E-state index contributed by atoms with van der Waals surface area (Å²) < 4.78 is 5.63. The zero-order chi connectivity index (χ0) is 13.0. The Morgan fingerprint density at radius 1 is 1.39 bits per heavy atom. The number of morpholine rings is 1. The number of nitrogens with zero attached hydrogens (tertiary/aromatic N) is 1. The van der Waals surface area contributed by atoms with E-state index in [2.05, 4.69) is 17.3 Å². The monoisotopic (exact) mass is 255 g/mol. The fourth-order valence-electron chi connectivity index (χ4n) is 2.73. The van der Waals surface area contributed by atoms with Gasteiger partial charge in [-0.2, -0.15) is 0 Å². The van der Waals surface area contributed by atoms with E-state index in [4.69, 9.17) is 10.5 Å². The molecule has 1 amide bonds. The summed E-state index contributed by atoms with van der Waals surface area (Å²) in [4.78, 5) is 14.2. The minimum absolute atomic E-state index is 0.138. The summed E-state index contributed by atoms with van der Waals surface area (Å²) in [5, 5.41) is 3.03. The lowest BCUT2D eigenvalue weighted by Crippen LogP contribution is -2.47. The number of carbonyl (C=O) groups excluding carboxylic acids is 1. The molecule has 0 aromatic heterocycles. The van der Waals surface area contributed by atoms with E-state index in [1.807, 2.05) is 0 Å². The number of nitrogens with one attached hydrogen (secondary N) is 1. The number of rotatable bonds is 3. The van der Waals surface area contributed by atoms with Gasteiger partial charge in [-0.1, -0.05) is 0 Å². The number of hydrogen-bond donors (Lipinski definition) is 2. The molecular weight excluding hydrogens is 230 g/mol. The Kier molecular flexibility index (Phi) is 4.97. The number of likely N-dealkylation sites (N-methyl/N-ethyl adjacent to an activating group) is 1. The molecule has 1 saturated heterocycles. The van der Waals surface area contributed by atoms with E-state index in [-0.39, 0.29) is 17.9 Å². The van der Waals surface area contributed by atoms with Gasteiger partial charge < -0.3 is 20.7 Å². The molecule has 18 heavy (non-hydrogen) atoms. The third-order valence-corrected chi connectivity index (χ3v) is 3.99. The SMILES string of the molecule is CN1CCOC(CNC(=O)C2CCC(N)CC2)C1. The fourth-order valence-corrected chi connectivity index (χ4v) is 2.73. The molecule has 0 aromatic carbocycles. The van der Waals surface area contributed by atoms with Gasteiger partial charge in [0.05, 0.1) is 12.7 Å². The van der Waals surface area contributed by atoms with Crippen LogP contribution in [0.4, 0.5) is 0 Å². The maximum atomic E-state index is 12.0. The van der Waals surface area contributed by atoms with Crippen LogP contribution in [0.5, 0.6) is 0 Å². The van der Waals surface area contributed by atoms with Crippen LogP contribution in [0.25, 0.3) is 0 Å². The van der Waals surface area contributed by atoms with Gasteiger partial charge in [0.25, 0.3) is 0 Å². The Morgan fingerprint density at radius 3 is 2.78 bits per heavy atom. The van der Waals surface area contributed by atoms with Crippen LogP contribution >= 0.6 is 0 Å². The predicted molar refractivity (Wildman–Crippen MR) is 70.2 cm³/mol. The summed E-state index contributed by atoms with van der Waals surface area (Å²) in [6.45, 7) is 3.27. The van der Waals surface area contributed by atoms with Crippen LogP contribution in [-0.2, 0) is 9.53 Å². The molecule has 5 heteroatoms. The van der Waals surface area contributed by atoms with Crippen molar-refractivity contribution in [3.05, 3.63) is 0 Å². The summed E-state index contributed by atoms with van der Waals surface area (Å²) in [6.07, 6.45) is 3.94. The van der Waals surface area contributed by atoms with E-state index in [0.29, 0.717) is 12.6 Å². The van der Waals surface area contributed by atoms with Crippen molar-refractivity contribution in [1.29, 1.82) is 0 Å². The van der Waals surface area contributed by atoms with Crippen molar-refractivity contribution < 1.29 is 9.53 Å². The first-order valence-electron chi connectivity index (χ1n) is 6.98.